The van der Waals surface area contributed by atoms with E-state index in [-0.39, 0.29) is 0 Å². The van der Waals surface area contributed by atoms with Gasteiger partial charge in [-0.1, -0.05) is 6.07 Å². The van der Waals surface area contributed by atoms with Crippen LogP contribution in [0.4, 0.5) is 5.69 Å². The lowest BCUT2D eigenvalue weighted by molar-refractivity contribution is 0.0771. The zero-order valence-corrected chi connectivity index (χ0v) is 13.2. The molecule has 0 spiro atoms. The summed E-state index contributed by atoms with van der Waals surface area (Å²) in [5, 5.41) is 3.44. The van der Waals surface area contributed by atoms with E-state index >= 15 is 0 Å². The van der Waals surface area contributed by atoms with Gasteiger partial charge in [0, 0.05) is 38.5 Å². The predicted octanol–water partition coefficient (Wildman–Crippen LogP) is 2.54. The van der Waals surface area contributed by atoms with Crippen molar-refractivity contribution in [2.75, 3.05) is 45.3 Å². The van der Waals surface area contributed by atoms with Crippen LogP contribution < -0.4 is 15.0 Å². The van der Waals surface area contributed by atoms with Gasteiger partial charge in [-0.15, -0.1) is 0 Å². The minimum atomic E-state index is 0.328. The first-order chi connectivity index (χ1) is 9.63. The summed E-state index contributed by atoms with van der Waals surface area (Å²) in [6.07, 6.45) is 1.38. The number of hydrogen-bond donors (Lipinski definition) is 1. The number of ether oxygens (including phenoxy) is 2. The molecule has 1 N–H and O–H groups in total. The van der Waals surface area contributed by atoms with Gasteiger partial charge in [-0.25, -0.2) is 0 Å². The van der Waals surface area contributed by atoms with Gasteiger partial charge in [0.1, 0.15) is 5.75 Å². The summed E-state index contributed by atoms with van der Waals surface area (Å²) in [5.41, 5.74) is 1.18. The second kappa shape index (κ2) is 9.61. The van der Waals surface area contributed by atoms with Crippen molar-refractivity contribution in [3.63, 3.8) is 0 Å². The minimum absolute atomic E-state index is 0.328. The zero-order chi connectivity index (χ0) is 14.8. The highest BCUT2D eigenvalue weighted by molar-refractivity contribution is 5.50. The smallest absolute Gasteiger partial charge is 0.120 e. The van der Waals surface area contributed by atoms with Crippen molar-refractivity contribution in [3.05, 3.63) is 24.3 Å². The lowest BCUT2D eigenvalue weighted by Crippen LogP contribution is -2.30. The Morgan fingerprint density at radius 2 is 2.05 bits per heavy atom. The minimum Gasteiger partial charge on any atom is -0.497 e. The third-order valence-corrected chi connectivity index (χ3v) is 3.07. The summed E-state index contributed by atoms with van der Waals surface area (Å²) in [6.45, 7) is 7.90. The van der Waals surface area contributed by atoms with Gasteiger partial charge >= 0.3 is 0 Å². The zero-order valence-electron chi connectivity index (χ0n) is 13.2. The van der Waals surface area contributed by atoms with Crippen LogP contribution >= 0.6 is 0 Å². The van der Waals surface area contributed by atoms with Crippen molar-refractivity contribution in [1.29, 1.82) is 0 Å². The molecule has 4 nitrogen and oxygen atoms in total. The molecule has 0 fully saturated rings. The molecule has 0 saturated carbocycles. The van der Waals surface area contributed by atoms with Crippen molar-refractivity contribution >= 4 is 5.69 Å². The maximum Gasteiger partial charge on any atom is 0.120 e. The number of nitrogens with zero attached hydrogens (tertiary/aromatic N) is 1. The van der Waals surface area contributed by atoms with E-state index < -0.39 is 0 Å². The van der Waals surface area contributed by atoms with E-state index in [1.807, 2.05) is 12.1 Å². The standard InChI is InChI=1S/C16H28N2O2/c1-14(2)20-12-6-9-17-10-11-18(3)15-7-5-8-16(13-15)19-4/h5,7-8,13-14,17H,6,9-12H2,1-4H3. The fourth-order valence-electron chi connectivity index (χ4n) is 1.86. The summed E-state index contributed by atoms with van der Waals surface area (Å²) >= 11 is 0. The average molecular weight is 280 g/mol. The molecule has 0 aliphatic rings. The summed E-state index contributed by atoms with van der Waals surface area (Å²) in [7, 11) is 3.79. The van der Waals surface area contributed by atoms with Gasteiger partial charge in [0.05, 0.1) is 13.2 Å². The van der Waals surface area contributed by atoms with E-state index in [1.54, 1.807) is 7.11 Å². The number of rotatable bonds is 10. The molecule has 0 aliphatic heterocycles. The Labute approximate surface area is 123 Å². The molecule has 1 rings (SSSR count). The molecule has 0 aliphatic carbocycles. The number of likely N-dealkylation sites (N-methyl/N-ethyl adjacent to an activating group) is 1. The van der Waals surface area contributed by atoms with Crippen molar-refractivity contribution in [2.24, 2.45) is 0 Å². The van der Waals surface area contributed by atoms with E-state index in [2.05, 4.69) is 43.2 Å². The molecular weight excluding hydrogens is 252 g/mol. The van der Waals surface area contributed by atoms with Crippen molar-refractivity contribution in [3.8, 4) is 5.75 Å². The largest absolute Gasteiger partial charge is 0.497 e. The van der Waals surface area contributed by atoms with Crippen LogP contribution in [0.3, 0.4) is 0 Å². The molecule has 1 aromatic carbocycles. The first-order valence-electron chi connectivity index (χ1n) is 7.31. The van der Waals surface area contributed by atoms with Gasteiger partial charge in [0.2, 0.25) is 0 Å². The summed E-state index contributed by atoms with van der Waals surface area (Å²) < 4.78 is 10.7. The van der Waals surface area contributed by atoms with E-state index in [9.17, 15) is 0 Å². The lowest BCUT2D eigenvalue weighted by Gasteiger charge is -2.20. The van der Waals surface area contributed by atoms with Gasteiger partial charge in [0.25, 0.3) is 0 Å². The topological polar surface area (TPSA) is 33.7 Å². The number of methoxy groups -OCH3 is 1. The molecule has 0 atom stereocenters. The van der Waals surface area contributed by atoms with Crippen LogP contribution in [0, 0.1) is 0 Å². The SMILES string of the molecule is COc1cccc(N(C)CCNCCCOC(C)C)c1. The second-order valence-electron chi connectivity index (χ2n) is 5.15. The molecule has 20 heavy (non-hydrogen) atoms. The van der Waals surface area contributed by atoms with Crippen LogP contribution in [-0.4, -0.2) is 46.5 Å². The number of anilines is 1. The van der Waals surface area contributed by atoms with Gasteiger partial charge < -0.3 is 19.7 Å². The quantitative estimate of drug-likeness (QED) is 0.668. The van der Waals surface area contributed by atoms with E-state index in [0.717, 1.165) is 38.4 Å². The Balaban J connectivity index is 2.15. The third kappa shape index (κ3) is 6.78. The molecule has 1 aromatic rings. The highest BCUT2D eigenvalue weighted by Crippen LogP contribution is 2.19. The summed E-state index contributed by atoms with van der Waals surface area (Å²) in [5.74, 6) is 0.896. The third-order valence-electron chi connectivity index (χ3n) is 3.07. The van der Waals surface area contributed by atoms with Crippen LogP contribution in [-0.2, 0) is 4.74 Å². The van der Waals surface area contributed by atoms with E-state index in [4.69, 9.17) is 9.47 Å². The van der Waals surface area contributed by atoms with E-state index in [1.165, 1.54) is 5.69 Å². The predicted molar refractivity (Wildman–Crippen MR) is 84.8 cm³/mol. The molecule has 0 aromatic heterocycles. The number of nitrogens with one attached hydrogen (secondary N) is 1. The Hall–Kier alpha value is -1.26. The van der Waals surface area contributed by atoms with E-state index in [0.29, 0.717) is 6.10 Å². The van der Waals surface area contributed by atoms with Crippen molar-refractivity contribution < 1.29 is 9.47 Å². The Morgan fingerprint density at radius 3 is 2.75 bits per heavy atom. The van der Waals surface area contributed by atoms with Gasteiger partial charge in [-0.3, -0.25) is 0 Å². The van der Waals surface area contributed by atoms with Gasteiger partial charge in [0.15, 0.2) is 0 Å². The molecule has 4 heteroatoms. The number of hydrogen-bond acceptors (Lipinski definition) is 4. The normalized spacial score (nSPS) is 10.8. The Morgan fingerprint density at radius 1 is 1.25 bits per heavy atom. The van der Waals surface area contributed by atoms with Gasteiger partial charge in [-0.2, -0.15) is 0 Å². The van der Waals surface area contributed by atoms with Crippen molar-refractivity contribution in [1.82, 2.24) is 5.32 Å². The van der Waals surface area contributed by atoms with Crippen LogP contribution in [0.15, 0.2) is 24.3 Å². The van der Waals surface area contributed by atoms with Crippen molar-refractivity contribution in [2.45, 2.75) is 26.4 Å². The second-order valence-corrected chi connectivity index (χ2v) is 5.15. The Kier molecular flexibility index (Phi) is 8.07. The molecular formula is C16H28N2O2. The van der Waals surface area contributed by atoms with Crippen LogP contribution in [0.5, 0.6) is 5.75 Å². The Bertz CT molecular complexity index is 369. The molecule has 0 unspecified atom stereocenters. The first-order valence-corrected chi connectivity index (χ1v) is 7.31. The monoisotopic (exact) mass is 280 g/mol. The molecule has 0 saturated heterocycles. The molecule has 0 bridgehead atoms. The maximum absolute atomic E-state index is 5.50. The molecule has 0 heterocycles. The molecule has 114 valence electrons. The highest BCUT2D eigenvalue weighted by atomic mass is 16.5. The van der Waals surface area contributed by atoms with Crippen LogP contribution in [0.2, 0.25) is 0 Å². The molecule has 0 radical (unpaired) electrons. The fraction of sp³-hybridized carbons (Fsp3) is 0.625. The maximum atomic E-state index is 5.50. The average Bonchev–Trinajstić information content (AvgIpc) is 2.45. The number of benzene rings is 1. The first kappa shape index (κ1) is 16.8. The lowest BCUT2D eigenvalue weighted by atomic mass is 10.3. The van der Waals surface area contributed by atoms with Crippen LogP contribution in [0.1, 0.15) is 20.3 Å². The van der Waals surface area contributed by atoms with Crippen LogP contribution in [0.25, 0.3) is 0 Å². The fourth-order valence-corrected chi connectivity index (χ4v) is 1.86. The summed E-state index contributed by atoms with van der Waals surface area (Å²) in [4.78, 5) is 2.22. The highest BCUT2D eigenvalue weighted by Gasteiger charge is 2.01. The van der Waals surface area contributed by atoms with Gasteiger partial charge in [-0.05, 0) is 38.9 Å². The summed E-state index contributed by atoms with van der Waals surface area (Å²) in [6, 6.07) is 8.13. The molecule has 0 amide bonds.